The highest BCUT2D eigenvalue weighted by atomic mass is 35.5. The van der Waals surface area contributed by atoms with Crippen molar-refractivity contribution in [3.63, 3.8) is 0 Å². The average molecular weight is 837 g/mol. The van der Waals surface area contributed by atoms with Crippen molar-refractivity contribution in [3.8, 4) is 0 Å². The topological polar surface area (TPSA) is 77.9 Å². The molecule has 0 spiro atoms. The average Bonchev–Trinajstić information content (AvgIpc) is 3.53. The molecule has 0 bridgehead atoms. The Kier molecular flexibility index (Phi) is 18.4. The molecular formula is C51H70ClN5O3. The van der Waals surface area contributed by atoms with Gasteiger partial charge in [-0.2, -0.15) is 0 Å². The number of aldehydes is 1. The van der Waals surface area contributed by atoms with E-state index in [1.165, 1.54) is 18.1 Å². The molecule has 1 aliphatic rings. The van der Waals surface area contributed by atoms with Crippen molar-refractivity contribution < 1.29 is 14.4 Å². The SMILES string of the molecule is C=C(/C=C(/CC(C)CC)C(=C)C(C)=O)CNC(=O)CN1CCN(CCn2c(C=O)c(CCCCc3cccc(C)c3)c3ccc(Cl)c(C(/C(C)=C\C)=C(\C)N(C)C)c32)CC1. The number of aromatic nitrogens is 1. The van der Waals surface area contributed by atoms with E-state index in [9.17, 15) is 14.4 Å². The molecule has 3 aromatic rings. The minimum absolute atomic E-state index is 0.0496. The second kappa shape index (κ2) is 22.9. The van der Waals surface area contributed by atoms with Gasteiger partial charge in [0.05, 0.1) is 22.8 Å². The molecule has 1 atom stereocenters. The summed E-state index contributed by atoms with van der Waals surface area (Å²) in [6.45, 7) is 27.6. The number of ketones is 1. The number of carbonyl (C=O) groups is 3. The maximum Gasteiger partial charge on any atom is 0.234 e. The number of benzene rings is 2. The van der Waals surface area contributed by atoms with Gasteiger partial charge in [-0.15, -0.1) is 0 Å². The number of allylic oxidation sites excluding steroid dienone is 6. The van der Waals surface area contributed by atoms with Crippen LogP contribution in [0.4, 0.5) is 0 Å². The molecule has 1 unspecified atom stereocenters. The number of hydrogen-bond acceptors (Lipinski definition) is 6. The third kappa shape index (κ3) is 12.8. The lowest BCUT2D eigenvalue weighted by Crippen LogP contribution is -2.50. The lowest BCUT2D eigenvalue weighted by atomic mass is 9.91. The van der Waals surface area contributed by atoms with Crippen LogP contribution < -0.4 is 5.32 Å². The van der Waals surface area contributed by atoms with Gasteiger partial charge >= 0.3 is 0 Å². The molecule has 0 saturated carbocycles. The van der Waals surface area contributed by atoms with Gasteiger partial charge in [-0.3, -0.25) is 24.2 Å². The van der Waals surface area contributed by atoms with Gasteiger partial charge < -0.3 is 14.8 Å². The molecular weight excluding hydrogens is 766 g/mol. The van der Waals surface area contributed by atoms with Gasteiger partial charge in [0.25, 0.3) is 0 Å². The van der Waals surface area contributed by atoms with Crippen molar-refractivity contribution in [1.29, 1.82) is 0 Å². The number of carbonyl (C=O) groups excluding carboxylic acids is 3. The molecule has 2 aromatic carbocycles. The van der Waals surface area contributed by atoms with E-state index in [1.807, 2.05) is 12.1 Å². The molecule has 1 aliphatic heterocycles. The number of unbranched alkanes of at least 4 members (excludes halogenated alkanes) is 1. The molecule has 60 heavy (non-hydrogen) atoms. The summed E-state index contributed by atoms with van der Waals surface area (Å²) in [7, 11) is 4.11. The quantitative estimate of drug-likeness (QED) is 0.0470. The highest BCUT2D eigenvalue weighted by molar-refractivity contribution is 6.34. The molecule has 1 fully saturated rings. The van der Waals surface area contributed by atoms with E-state index >= 15 is 0 Å². The zero-order valence-corrected chi connectivity index (χ0v) is 38.7. The summed E-state index contributed by atoms with van der Waals surface area (Å²) >= 11 is 7.19. The summed E-state index contributed by atoms with van der Waals surface area (Å²) in [4.78, 5) is 45.1. The lowest BCUT2D eigenvalue weighted by molar-refractivity contribution is -0.122. The second-order valence-corrected chi connectivity index (χ2v) is 17.4. The van der Waals surface area contributed by atoms with Gasteiger partial charge in [-0.1, -0.05) is 93.1 Å². The highest BCUT2D eigenvalue weighted by Crippen LogP contribution is 2.41. The predicted octanol–water partition coefficient (Wildman–Crippen LogP) is 10.0. The van der Waals surface area contributed by atoms with Crippen LogP contribution in [0.3, 0.4) is 0 Å². The largest absolute Gasteiger partial charge is 0.381 e. The Labute approximate surface area is 365 Å². The van der Waals surface area contributed by atoms with Crippen molar-refractivity contribution in [2.75, 3.05) is 59.9 Å². The number of hydrogen-bond donors (Lipinski definition) is 1. The maximum absolute atomic E-state index is 13.2. The van der Waals surface area contributed by atoms with E-state index in [0.29, 0.717) is 36.1 Å². The first-order valence-corrected chi connectivity index (χ1v) is 22.1. The van der Waals surface area contributed by atoms with Crippen LogP contribution in [0.5, 0.6) is 0 Å². The number of nitrogens with one attached hydrogen (secondary N) is 1. The van der Waals surface area contributed by atoms with Gasteiger partial charge in [-0.05, 0) is 107 Å². The van der Waals surface area contributed by atoms with E-state index in [0.717, 1.165) is 133 Å². The number of amides is 1. The van der Waals surface area contributed by atoms with Crippen molar-refractivity contribution in [1.82, 2.24) is 24.6 Å². The second-order valence-electron chi connectivity index (χ2n) is 16.9. The van der Waals surface area contributed by atoms with Crippen LogP contribution in [0.15, 0.2) is 89.7 Å². The van der Waals surface area contributed by atoms with E-state index in [2.05, 4.69) is 130 Å². The Morgan fingerprint density at radius 1 is 0.983 bits per heavy atom. The van der Waals surface area contributed by atoms with Gasteiger partial charge in [0, 0.05) is 87.7 Å². The zero-order valence-electron chi connectivity index (χ0n) is 38.0. The smallest absolute Gasteiger partial charge is 0.234 e. The van der Waals surface area contributed by atoms with Crippen LogP contribution in [-0.4, -0.2) is 97.2 Å². The summed E-state index contributed by atoms with van der Waals surface area (Å²) in [5.41, 5.74) is 11.9. The Morgan fingerprint density at radius 3 is 2.28 bits per heavy atom. The van der Waals surface area contributed by atoms with E-state index < -0.39 is 0 Å². The third-order valence-electron chi connectivity index (χ3n) is 12.2. The fourth-order valence-corrected chi connectivity index (χ4v) is 8.35. The summed E-state index contributed by atoms with van der Waals surface area (Å²) in [5, 5.41) is 4.78. The van der Waals surface area contributed by atoms with E-state index in [4.69, 9.17) is 11.6 Å². The Morgan fingerprint density at radius 2 is 1.67 bits per heavy atom. The van der Waals surface area contributed by atoms with Crippen LogP contribution in [0.25, 0.3) is 16.5 Å². The van der Waals surface area contributed by atoms with Crippen LogP contribution in [-0.2, 0) is 29.0 Å². The first-order chi connectivity index (χ1) is 28.6. The summed E-state index contributed by atoms with van der Waals surface area (Å²) in [6.07, 6.45) is 10.6. The number of rotatable bonds is 22. The number of aryl methyl sites for hydroxylation is 3. The number of Topliss-reactive ketones (excluding diaryl/α,β-unsaturated/α-hetero) is 1. The molecule has 9 heteroatoms. The summed E-state index contributed by atoms with van der Waals surface area (Å²) < 4.78 is 2.23. The van der Waals surface area contributed by atoms with E-state index in [1.54, 1.807) is 0 Å². The minimum atomic E-state index is -0.0505. The maximum atomic E-state index is 13.2. The Bertz CT molecular complexity index is 2130. The summed E-state index contributed by atoms with van der Waals surface area (Å²) in [5.74, 6) is 0.313. The van der Waals surface area contributed by atoms with Gasteiger partial charge in [-0.25, -0.2) is 0 Å². The number of halogens is 1. The number of piperazine rings is 1. The van der Waals surface area contributed by atoms with Crippen molar-refractivity contribution in [3.05, 3.63) is 123 Å². The van der Waals surface area contributed by atoms with Crippen molar-refractivity contribution in [2.45, 2.75) is 93.5 Å². The molecule has 1 saturated heterocycles. The van der Waals surface area contributed by atoms with Crippen molar-refractivity contribution in [2.24, 2.45) is 5.92 Å². The van der Waals surface area contributed by atoms with Gasteiger partial charge in [0.2, 0.25) is 5.91 Å². The number of fused-ring (bicyclic) bond motifs is 1. The predicted molar refractivity (Wildman–Crippen MR) is 253 cm³/mol. The number of nitrogens with zero attached hydrogens (tertiary/aromatic N) is 4. The van der Waals surface area contributed by atoms with Crippen LogP contribution in [0.1, 0.15) is 100.0 Å². The molecule has 1 N–H and O–H groups in total. The molecule has 1 amide bonds. The highest BCUT2D eigenvalue weighted by Gasteiger charge is 2.26. The monoisotopic (exact) mass is 836 g/mol. The molecule has 0 radical (unpaired) electrons. The molecule has 1 aromatic heterocycles. The van der Waals surface area contributed by atoms with E-state index in [-0.39, 0.29) is 11.7 Å². The molecule has 4 rings (SSSR count). The van der Waals surface area contributed by atoms with Crippen LogP contribution >= 0.6 is 11.6 Å². The van der Waals surface area contributed by atoms with Crippen LogP contribution in [0, 0.1) is 12.8 Å². The fourth-order valence-electron chi connectivity index (χ4n) is 8.11. The molecule has 2 heterocycles. The molecule has 0 aliphatic carbocycles. The summed E-state index contributed by atoms with van der Waals surface area (Å²) in [6, 6.07) is 12.8. The third-order valence-corrected chi connectivity index (χ3v) is 12.5. The van der Waals surface area contributed by atoms with Gasteiger partial charge in [0.1, 0.15) is 0 Å². The zero-order chi connectivity index (χ0) is 44.1. The van der Waals surface area contributed by atoms with Gasteiger partial charge in [0.15, 0.2) is 12.1 Å². The van der Waals surface area contributed by atoms with Crippen LogP contribution in [0.2, 0.25) is 5.02 Å². The normalized spacial score (nSPS) is 15.2. The molecule has 8 nitrogen and oxygen atoms in total. The molecule has 324 valence electrons. The first-order valence-electron chi connectivity index (χ1n) is 21.8. The standard InChI is InChI=1S/C51H70ClN5O3/c1-12-35(3)30-43(39(7)41(9)59)31-37(5)32-53-48(60)33-56-25-23-55(24-26-56)27-28-57-47(34-58)44(20-15-14-18-42-19-16-17-36(4)29-42)45-21-22-46(52)50(51(45)57)49(38(6)13-2)40(8)54(10)11/h13,16-17,19,21-22,29,31,34-35H,5,7,12,14-15,18,20,23-28,30,32-33H2,1-4,6,8-11H3,(H,53,60)/b38-13-,43-31-,49-40+. The Hall–Kier alpha value is -4.50. The fraction of sp³-hybridized carbons (Fsp3) is 0.471. The lowest BCUT2D eigenvalue weighted by Gasteiger charge is -2.34. The minimum Gasteiger partial charge on any atom is -0.381 e. The first kappa shape index (κ1) is 48.2. The van der Waals surface area contributed by atoms with Crippen molar-refractivity contribution >= 4 is 46.1 Å². The Balaban J connectivity index is 1.51.